The summed E-state index contributed by atoms with van der Waals surface area (Å²) in [5.74, 6) is 0.293. The van der Waals surface area contributed by atoms with E-state index in [0.717, 1.165) is 0 Å². The number of anilines is 1. The van der Waals surface area contributed by atoms with E-state index in [2.05, 4.69) is 15.5 Å². The molecule has 0 saturated heterocycles. The molecule has 2 rings (SSSR count). The van der Waals surface area contributed by atoms with E-state index in [9.17, 15) is 9.59 Å². The van der Waals surface area contributed by atoms with Crippen LogP contribution < -0.4 is 24.3 Å². The molecule has 2 aromatic carbocycles. The Balaban J connectivity index is 2.42. The van der Waals surface area contributed by atoms with Gasteiger partial charge in [-0.3, -0.25) is 9.59 Å². The van der Waals surface area contributed by atoms with Gasteiger partial charge in [0.1, 0.15) is 5.69 Å². The van der Waals surface area contributed by atoms with Gasteiger partial charge in [-0.05, 0) is 58.9 Å². The highest BCUT2D eigenvalue weighted by molar-refractivity contribution is 6.34. The predicted octanol–water partition coefficient (Wildman–Crippen LogP) is 5.61. The number of carbonyl (C=O) groups is 2. The molecule has 1 amide bonds. The maximum atomic E-state index is 13.1. The van der Waals surface area contributed by atoms with Crippen molar-refractivity contribution in [1.29, 1.82) is 0 Å². The fraction of sp³-hybridized carbons (Fsp3) is 0.417. The van der Waals surface area contributed by atoms with Crippen molar-refractivity contribution in [3.05, 3.63) is 35.4 Å². The molecule has 184 valence electrons. The summed E-state index contributed by atoms with van der Waals surface area (Å²) in [6.45, 7) is 10.0. The molecule has 0 radical (unpaired) electrons. The van der Waals surface area contributed by atoms with E-state index in [0.29, 0.717) is 43.7 Å². The normalized spacial score (nSPS) is 11.7. The number of Topliss-reactive ketones (excluding diaryl/α,β-unsaturated/α-hetero) is 1. The maximum Gasteiger partial charge on any atom is 0.258 e. The molecule has 0 saturated carbocycles. The van der Waals surface area contributed by atoms with Crippen LogP contribution in [0.3, 0.4) is 0 Å². The molecule has 1 N–H and O–H groups in total. The van der Waals surface area contributed by atoms with Crippen LogP contribution in [-0.4, -0.2) is 44.2 Å². The molecule has 0 aromatic heterocycles. The van der Waals surface area contributed by atoms with Crippen molar-refractivity contribution in [2.75, 3.05) is 31.7 Å². The predicted molar refractivity (Wildman–Crippen MR) is 130 cm³/mol. The van der Waals surface area contributed by atoms with Gasteiger partial charge in [0.05, 0.1) is 31.5 Å². The number of amides is 1. The Morgan fingerprint density at radius 2 is 1.44 bits per heavy atom. The minimum Gasteiger partial charge on any atom is -0.491 e. The van der Waals surface area contributed by atoms with E-state index >= 15 is 0 Å². The largest absolute Gasteiger partial charge is 0.491 e. The average Bonchev–Trinajstić information content (AvgIpc) is 2.80. The third kappa shape index (κ3) is 6.84. The third-order valence-electron chi connectivity index (χ3n) is 4.38. The maximum absolute atomic E-state index is 13.1. The SMILES string of the molecule is CCOc1cccc(OCC)c1N=NC(C(C)=O)C(=O)Nc1c(Cl)ccc(OCC)c1OCC. The monoisotopic (exact) mass is 491 g/mol. The number of rotatable bonds is 13. The van der Waals surface area contributed by atoms with E-state index in [4.69, 9.17) is 30.5 Å². The molecule has 2 aromatic rings. The van der Waals surface area contributed by atoms with Crippen LogP contribution in [0.4, 0.5) is 11.4 Å². The number of ketones is 1. The summed E-state index contributed by atoms with van der Waals surface area (Å²) in [6, 6.07) is 6.95. The highest BCUT2D eigenvalue weighted by Crippen LogP contribution is 2.41. The van der Waals surface area contributed by atoms with E-state index in [1.165, 1.54) is 6.92 Å². The number of hydrogen-bond acceptors (Lipinski definition) is 8. The Kier molecular flexibility index (Phi) is 10.6. The Labute approximate surface area is 204 Å². The second-order valence-corrected chi connectivity index (χ2v) is 7.21. The van der Waals surface area contributed by atoms with Gasteiger partial charge in [-0.2, -0.15) is 5.11 Å². The Hall–Kier alpha value is -3.33. The fourth-order valence-electron chi connectivity index (χ4n) is 2.98. The molecule has 0 aliphatic rings. The molecule has 1 atom stereocenters. The van der Waals surface area contributed by atoms with E-state index in [-0.39, 0.29) is 22.1 Å². The first kappa shape index (κ1) is 26.9. The van der Waals surface area contributed by atoms with E-state index in [1.54, 1.807) is 37.3 Å². The Morgan fingerprint density at radius 3 is 1.97 bits per heavy atom. The number of carbonyl (C=O) groups excluding carboxylic acids is 2. The number of nitrogens with zero attached hydrogens (tertiary/aromatic N) is 2. The van der Waals surface area contributed by atoms with Crippen LogP contribution in [0.1, 0.15) is 34.6 Å². The number of benzene rings is 2. The molecule has 9 nitrogen and oxygen atoms in total. The third-order valence-corrected chi connectivity index (χ3v) is 4.69. The fourth-order valence-corrected chi connectivity index (χ4v) is 3.18. The van der Waals surface area contributed by atoms with E-state index < -0.39 is 17.7 Å². The van der Waals surface area contributed by atoms with Crippen molar-refractivity contribution in [3.63, 3.8) is 0 Å². The molecule has 0 aliphatic carbocycles. The van der Waals surface area contributed by atoms with Crippen LogP contribution in [0.25, 0.3) is 0 Å². The van der Waals surface area contributed by atoms with Crippen LogP contribution in [0.2, 0.25) is 5.02 Å². The van der Waals surface area contributed by atoms with Crippen molar-refractivity contribution < 1.29 is 28.5 Å². The number of halogens is 1. The van der Waals surface area contributed by atoms with Crippen LogP contribution in [-0.2, 0) is 9.59 Å². The highest BCUT2D eigenvalue weighted by atomic mass is 35.5. The number of hydrogen-bond donors (Lipinski definition) is 1. The van der Waals surface area contributed by atoms with Crippen LogP contribution >= 0.6 is 11.6 Å². The molecule has 0 aliphatic heterocycles. The van der Waals surface area contributed by atoms with Crippen molar-refractivity contribution in [2.45, 2.75) is 40.7 Å². The average molecular weight is 492 g/mol. The van der Waals surface area contributed by atoms with Gasteiger partial charge in [-0.1, -0.05) is 17.7 Å². The lowest BCUT2D eigenvalue weighted by Gasteiger charge is -2.18. The molecule has 1 unspecified atom stereocenters. The highest BCUT2D eigenvalue weighted by Gasteiger charge is 2.27. The zero-order valence-electron chi connectivity index (χ0n) is 20.0. The first-order valence-electron chi connectivity index (χ1n) is 11.1. The molecule has 0 spiro atoms. The summed E-state index contributed by atoms with van der Waals surface area (Å²) >= 11 is 6.33. The summed E-state index contributed by atoms with van der Waals surface area (Å²) in [4.78, 5) is 25.4. The van der Waals surface area contributed by atoms with Gasteiger partial charge < -0.3 is 24.3 Å². The summed E-state index contributed by atoms with van der Waals surface area (Å²) in [5.41, 5.74) is 0.474. The quantitative estimate of drug-likeness (QED) is 0.288. The minimum absolute atomic E-state index is 0.186. The summed E-state index contributed by atoms with van der Waals surface area (Å²) in [5, 5.41) is 11.1. The van der Waals surface area contributed by atoms with Crippen molar-refractivity contribution in [1.82, 2.24) is 0 Å². The molecule has 0 heterocycles. The molecular formula is C24H30ClN3O6. The second-order valence-electron chi connectivity index (χ2n) is 6.80. The molecule has 0 bridgehead atoms. The lowest BCUT2D eigenvalue weighted by Crippen LogP contribution is -2.32. The first-order valence-corrected chi connectivity index (χ1v) is 11.4. The zero-order chi connectivity index (χ0) is 25.1. The molecule has 34 heavy (non-hydrogen) atoms. The molecular weight excluding hydrogens is 462 g/mol. The lowest BCUT2D eigenvalue weighted by molar-refractivity contribution is -0.126. The van der Waals surface area contributed by atoms with Gasteiger partial charge in [-0.25, -0.2) is 0 Å². The van der Waals surface area contributed by atoms with Gasteiger partial charge in [0.15, 0.2) is 34.5 Å². The van der Waals surface area contributed by atoms with Crippen molar-refractivity contribution in [3.8, 4) is 23.0 Å². The summed E-state index contributed by atoms with van der Waals surface area (Å²) < 4.78 is 22.4. The summed E-state index contributed by atoms with van der Waals surface area (Å²) in [6.07, 6.45) is 0. The van der Waals surface area contributed by atoms with Crippen molar-refractivity contribution >= 4 is 34.7 Å². The number of nitrogens with one attached hydrogen (secondary N) is 1. The van der Waals surface area contributed by atoms with Gasteiger partial charge in [0.25, 0.3) is 5.91 Å². The standard InChI is InChI=1S/C24H30ClN3O6/c1-6-31-17-11-10-12-18(32-7-2)22(17)28-27-20(15(5)29)24(30)26-21-16(25)13-14-19(33-8-3)23(21)34-9-4/h10-14,20H,6-9H2,1-5H3,(H,26,30). The zero-order valence-corrected chi connectivity index (χ0v) is 20.8. The van der Waals surface area contributed by atoms with Crippen molar-refractivity contribution in [2.24, 2.45) is 10.2 Å². The van der Waals surface area contributed by atoms with Crippen LogP contribution in [0, 0.1) is 0 Å². The minimum atomic E-state index is -1.44. The Morgan fingerprint density at radius 1 is 0.882 bits per heavy atom. The van der Waals surface area contributed by atoms with Crippen LogP contribution in [0.15, 0.2) is 40.6 Å². The smallest absolute Gasteiger partial charge is 0.258 e. The van der Waals surface area contributed by atoms with Crippen LogP contribution in [0.5, 0.6) is 23.0 Å². The number of ether oxygens (including phenoxy) is 4. The van der Waals surface area contributed by atoms with Gasteiger partial charge in [0.2, 0.25) is 6.04 Å². The van der Waals surface area contributed by atoms with E-state index in [1.807, 2.05) is 20.8 Å². The molecule has 10 heteroatoms. The topological polar surface area (TPSA) is 108 Å². The summed E-state index contributed by atoms with van der Waals surface area (Å²) in [7, 11) is 0. The second kappa shape index (κ2) is 13.4. The van der Waals surface area contributed by atoms with Gasteiger partial charge >= 0.3 is 0 Å². The van der Waals surface area contributed by atoms with Gasteiger partial charge in [-0.15, -0.1) is 5.11 Å². The molecule has 0 fully saturated rings. The Bertz CT molecular complexity index is 1000. The lowest BCUT2D eigenvalue weighted by atomic mass is 10.2. The first-order chi connectivity index (χ1) is 16.4. The number of azo groups is 1. The van der Waals surface area contributed by atoms with Gasteiger partial charge in [0, 0.05) is 0 Å².